The van der Waals surface area contributed by atoms with Gasteiger partial charge in [0.25, 0.3) is 0 Å². The molecule has 0 aliphatic carbocycles. The molecule has 0 radical (unpaired) electrons. The molecule has 1 N–H and O–H groups in total. The quantitative estimate of drug-likeness (QED) is 0.852. The predicted octanol–water partition coefficient (Wildman–Crippen LogP) is 2.86. The molecule has 0 unspecified atom stereocenters. The number of carbonyl (C=O) groups excluding carboxylic acids is 1. The Kier molecular flexibility index (Phi) is 3.67. The molecule has 0 amide bonds. The van der Waals surface area contributed by atoms with E-state index in [4.69, 9.17) is 5.26 Å². The molecule has 5 heteroatoms. The number of phenolic OH excluding ortho intramolecular Hbond substituents is 1. The van der Waals surface area contributed by atoms with Gasteiger partial charge in [0.1, 0.15) is 11.6 Å². The number of ether oxygens (including phenoxy) is 1. The van der Waals surface area contributed by atoms with Crippen molar-refractivity contribution in [1.82, 2.24) is 0 Å². The van der Waals surface area contributed by atoms with Crippen molar-refractivity contribution in [3.8, 4) is 22.9 Å². The summed E-state index contributed by atoms with van der Waals surface area (Å²) in [7, 11) is 1.23. The van der Waals surface area contributed by atoms with Gasteiger partial charge in [-0.2, -0.15) is 5.26 Å². The van der Waals surface area contributed by atoms with Gasteiger partial charge in [0, 0.05) is 5.56 Å². The van der Waals surface area contributed by atoms with E-state index in [1.54, 1.807) is 0 Å². The SMILES string of the molecule is COC(=O)c1ccc(F)c(-c2cc(O)cc(C#N)c2)c1. The van der Waals surface area contributed by atoms with Crippen molar-refractivity contribution in [3.05, 3.63) is 53.3 Å². The number of aromatic hydroxyl groups is 1. The van der Waals surface area contributed by atoms with Crippen LogP contribution in [0.25, 0.3) is 11.1 Å². The number of esters is 1. The van der Waals surface area contributed by atoms with E-state index in [0.717, 1.165) is 6.07 Å². The van der Waals surface area contributed by atoms with Crippen LogP contribution >= 0.6 is 0 Å². The van der Waals surface area contributed by atoms with Gasteiger partial charge in [0.2, 0.25) is 0 Å². The second-order valence-corrected chi connectivity index (χ2v) is 4.07. The predicted molar refractivity (Wildman–Crippen MR) is 69.6 cm³/mol. The van der Waals surface area contributed by atoms with Crippen LogP contribution in [0.15, 0.2) is 36.4 Å². The Bertz CT molecular complexity index is 720. The second-order valence-electron chi connectivity index (χ2n) is 4.07. The fourth-order valence-corrected chi connectivity index (χ4v) is 1.82. The van der Waals surface area contributed by atoms with Crippen molar-refractivity contribution in [2.75, 3.05) is 7.11 Å². The lowest BCUT2D eigenvalue weighted by Crippen LogP contribution is -2.02. The fourth-order valence-electron chi connectivity index (χ4n) is 1.82. The van der Waals surface area contributed by atoms with Crippen LogP contribution in [0.3, 0.4) is 0 Å². The van der Waals surface area contributed by atoms with Crippen molar-refractivity contribution in [1.29, 1.82) is 5.26 Å². The van der Waals surface area contributed by atoms with Crippen LogP contribution in [0.4, 0.5) is 4.39 Å². The number of hydrogen-bond acceptors (Lipinski definition) is 4. The van der Waals surface area contributed by atoms with Crippen LogP contribution < -0.4 is 0 Å². The Balaban J connectivity index is 2.60. The summed E-state index contributed by atoms with van der Waals surface area (Å²) in [6, 6.07) is 9.65. The minimum atomic E-state index is -0.591. The molecule has 2 rings (SSSR count). The molecule has 0 aliphatic rings. The van der Waals surface area contributed by atoms with Gasteiger partial charge >= 0.3 is 5.97 Å². The zero-order chi connectivity index (χ0) is 14.7. The first-order valence-electron chi connectivity index (χ1n) is 5.67. The Hall–Kier alpha value is -2.87. The second kappa shape index (κ2) is 5.41. The molecular weight excluding hydrogens is 261 g/mol. The average molecular weight is 271 g/mol. The van der Waals surface area contributed by atoms with E-state index >= 15 is 0 Å². The van der Waals surface area contributed by atoms with Gasteiger partial charge in [-0.15, -0.1) is 0 Å². The van der Waals surface area contributed by atoms with Gasteiger partial charge in [-0.3, -0.25) is 0 Å². The van der Waals surface area contributed by atoms with Gasteiger partial charge in [-0.1, -0.05) is 0 Å². The molecule has 0 spiro atoms. The number of nitriles is 1. The highest BCUT2D eigenvalue weighted by molar-refractivity contribution is 5.91. The van der Waals surface area contributed by atoms with Crippen LogP contribution in [0.1, 0.15) is 15.9 Å². The van der Waals surface area contributed by atoms with E-state index in [1.165, 1.54) is 37.4 Å². The highest BCUT2D eigenvalue weighted by Crippen LogP contribution is 2.28. The van der Waals surface area contributed by atoms with Gasteiger partial charge in [0.15, 0.2) is 0 Å². The van der Waals surface area contributed by atoms with Gasteiger partial charge in [0.05, 0.1) is 24.3 Å². The molecule has 0 aromatic heterocycles. The normalized spacial score (nSPS) is 9.85. The Labute approximate surface area is 114 Å². The van der Waals surface area contributed by atoms with Crippen molar-refractivity contribution < 1.29 is 19.0 Å². The van der Waals surface area contributed by atoms with Crippen LogP contribution in [0, 0.1) is 17.1 Å². The number of rotatable bonds is 2. The van der Waals surface area contributed by atoms with E-state index in [1.807, 2.05) is 6.07 Å². The molecule has 0 bridgehead atoms. The molecule has 2 aromatic carbocycles. The molecule has 0 saturated carbocycles. The van der Waals surface area contributed by atoms with Crippen LogP contribution in [0.2, 0.25) is 0 Å². The summed E-state index contributed by atoms with van der Waals surface area (Å²) < 4.78 is 18.4. The van der Waals surface area contributed by atoms with Crippen molar-refractivity contribution >= 4 is 5.97 Å². The van der Waals surface area contributed by atoms with E-state index in [2.05, 4.69) is 4.74 Å². The number of carbonyl (C=O) groups is 1. The molecule has 100 valence electrons. The molecule has 0 atom stereocenters. The molecule has 2 aromatic rings. The summed E-state index contributed by atoms with van der Waals surface area (Å²) in [5.74, 6) is -1.30. The standard InChI is InChI=1S/C15H10FNO3/c1-20-15(19)10-2-3-14(16)13(7-10)11-4-9(8-17)5-12(18)6-11/h2-7,18H,1H3. The Morgan fingerprint density at radius 3 is 2.70 bits per heavy atom. The summed E-state index contributed by atoms with van der Waals surface area (Å²) in [5, 5.41) is 18.4. The molecule has 0 fully saturated rings. The highest BCUT2D eigenvalue weighted by atomic mass is 19.1. The first-order chi connectivity index (χ1) is 9.55. The summed E-state index contributed by atoms with van der Waals surface area (Å²) in [4.78, 5) is 11.5. The van der Waals surface area contributed by atoms with Crippen LogP contribution in [-0.2, 0) is 4.74 Å². The largest absolute Gasteiger partial charge is 0.508 e. The van der Waals surface area contributed by atoms with Crippen molar-refractivity contribution in [2.24, 2.45) is 0 Å². The van der Waals surface area contributed by atoms with E-state index in [-0.39, 0.29) is 22.4 Å². The summed E-state index contributed by atoms with van der Waals surface area (Å²) in [5.41, 5.74) is 0.804. The average Bonchev–Trinajstić information content (AvgIpc) is 2.46. The lowest BCUT2D eigenvalue weighted by Gasteiger charge is -2.07. The smallest absolute Gasteiger partial charge is 0.337 e. The lowest BCUT2D eigenvalue weighted by atomic mass is 10.00. The third-order valence-electron chi connectivity index (χ3n) is 2.75. The summed E-state index contributed by atoms with van der Waals surface area (Å²) >= 11 is 0. The van der Waals surface area contributed by atoms with E-state index in [9.17, 15) is 14.3 Å². The highest BCUT2D eigenvalue weighted by Gasteiger charge is 2.12. The molecule has 0 saturated heterocycles. The number of methoxy groups -OCH3 is 1. The Morgan fingerprint density at radius 2 is 2.05 bits per heavy atom. The van der Waals surface area contributed by atoms with Crippen LogP contribution in [0.5, 0.6) is 5.75 Å². The Morgan fingerprint density at radius 1 is 1.30 bits per heavy atom. The third kappa shape index (κ3) is 2.59. The summed E-state index contributed by atoms with van der Waals surface area (Å²) in [6.45, 7) is 0. The zero-order valence-electron chi connectivity index (χ0n) is 10.6. The molecular formula is C15H10FNO3. The number of nitrogens with zero attached hydrogens (tertiary/aromatic N) is 1. The molecule has 20 heavy (non-hydrogen) atoms. The number of benzene rings is 2. The maximum atomic E-state index is 13.9. The van der Waals surface area contributed by atoms with Crippen molar-refractivity contribution in [2.45, 2.75) is 0 Å². The fraction of sp³-hybridized carbons (Fsp3) is 0.0667. The first kappa shape index (κ1) is 13.6. The van der Waals surface area contributed by atoms with E-state index in [0.29, 0.717) is 5.56 Å². The maximum absolute atomic E-state index is 13.9. The summed E-state index contributed by atoms with van der Waals surface area (Å²) in [6.07, 6.45) is 0. The topological polar surface area (TPSA) is 70.3 Å². The molecule has 0 aliphatic heterocycles. The van der Waals surface area contributed by atoms with Gasteiger partial charge in [-0.25, -0.2) is 9.18 Å². The number of hydrogen-bond donors (Lipinski definition) is 1. The number of phenols is 1. The minimum absolute atomic E-state index is 0.111. The van der Waals surface area contributed by atoms with Gasteiger partial charge < -0.3 is 9.84 Å². The first-order valence-corrected chi connectivity index (χ1v) is 5.67. The van der Waals surface area contributed by atoms with Crippen molar-refractivity contribution in [3.63, 3.8) is 0 Å². The molecule has 0 heterocycles. The monoisotopic (exact) mass is 271 g/mol. The number of halogens is 1. The van der Waals surface area contributed by atoms with Crippen LogP contribution in [-0.4, -0.2) is 18.2 Å². The zero-order valence-corrected chi connectivity index (χ0v) is 10.6. The minimum Gasteiger partial charge on any atom is -0.508 e. The maximum Gasteiger partial charge on any atom is 0.337 e. The van der Waals surface area contributed by atoms with Gasteiger partial charge in [-0.05, 0) is 42.0 Å². The lowest BCUT2D eigenvalue weighted by molar-refractivity contribution is 0.0600. The third-order valence-corrected chi connectivity index (χ3v) is 2.75. The van der Waals surface area contributed by atoms with E-state index < -0.39 is 11.8 Å². The molecule has 4 nitrogen and oxygen atoms in total.